The predicted octanol–water partition coefficient (Wildman–Crippen LogP) is 4.40. The van der Waals surface area contributed by atoms with Crippen molar-refractivity contribution in [1.29, 1.82) is 0 Å². The van der Waals surface area contributed by atoms with Gasteiger partial charge < -0.3 is 14.9 Å². The van der Waals surface area contributed by atoms with Gasteiger partial charge in [0.05, 0.1) is 18.3 Å². The number of fused-ring (bicyclic) bond motifs is 7. The highest BCUT2D eigenvalue weighted by Crippen LogP contribution is 2.70. The standard InChI is InChI=1S/C24H40O3/c1-14-20(8-11-25)27-21-13-19-17-5-4-15-12-16(26)6-9-23(15,2)18(17)7-10-24(19,3)22(14)21/h14-22,25-26H,4-13H2,1-3H3. The Morgan fingerprint density at radius 3 is 2.52 bits per heavy atom. The molecule has 11 unspecified atom stereocenters. The lowest BCUT2D eigenvalue weighted by molar-refractivity contribution is -0.130. The van der Waals surface area contributed by atoms with Crippen LogP contribution in [0.4, 0.5) is 0 Å². The van der Waals surface area contributed by atoms with E-state index in [1.165, 1.54) is 38.5 Å². The van der Waals surface area contributed by atoms with Crippen LogP contribution in [0.5, 0.6) is 0 Å². The van der Waals surface area contributed by atoms with Gasteiger partial charge in [0.1, 0.15) is 0 Å². The summed E-state index contributed by atoms with van der Waals surface area (Å²) in [7, 11) is 0. The lowest BCUT2D eigenvalue weighted by atomic mass is 9.44. The zero-order valence-corrected chi connectivity index (χ0v) is 17.6. The van der Waals surface area contributed by atoms with Crippen molar-refractivity contribution in [2.45, 2.75) is 96.9 Å². The largest absolute Gasteiger partial charge is 0.396 e. The van der Waals surface area contributed by atoms with Gasteiger partial charge in [0.25, 0.3) is 0 Å². The van der Waals surface area contributed by atoms with Crippen molar-refractivity contribution in [2.75, 3.05) is 6.61 Å². The average molecular weight is 377 g/mol. The Morgan fingerprint density at radius 1 is 0.963 bits per heavy atom. The molecule has 0 radical (unpaired) electrons. The summed E-state index contributed by atoms with van der Waals surface area (Å²) < 4.78 is 6.53. The molecule has 0 aromatic heterocycles. The molecule has 3 heteroatoms. The van der Waals surface area contributed by atoms with Crippen LogP contribution in [0.1, 0.15) is 78.6 Å². The van der Waals surface area contributed by atoms with Gasteiger partial charge in [-0.2, -0.15) is 0 Å². The predicted molar refractivity (Wildman–Crippen MR) is 106 cm³/mol. The summed E-state index contributed by atoms with van der Waals surface area (Å²) in [5, 5.41) is 19.6. The van der Waals surface area contributed by atoms with E-state index in [4.69, 9.17) is 4.74 Å². The molecule has 1 saturated heterocycles. The minimum atomic E-state index is -0.0444. The van der Waals surface area contributed by atoms with E-state index in [0.717, 1.165) is 42.9 Å². The van der Waals surface area contributed by atoms with E-state index in [9.17, 15) is 10.2 Å². The van der Waals surface area contributed by atoms with E-state index in [2.05, 4.69) is 20.8 Å². The summed E-state index contributed by atoms with van der Waals surface area (Å²) in [5.41, 5.74) is 0.903. The third kappa shape index (κ3) is 2.56. The van der Waals surface area contributed by atoms with Gasteiger partial charge in [-0.05, 0) is 104 Å². The molecule has 5 rings (SSSR count). The van der Waals surface area contributed by atoms with E-state index in [1.807, 2.05) is 0 Å². The van der Waals surface area contributed by atoms with Crippen molar-refractivity contribution in [1.82, 2.24) is 0 Å². The minimum absolute atomic E-state index is 0.0444. The van der Waals surface area contributed by atoms with E-state index < -0.39 is 0 Å². The lowest BCUT2D eigenvalue weighted by Gasteiger charge is -2.61. The Hall–Kier alpha value is -0.120. The Bertz CT molecular complexity index is 578. The van der Waals surface area contributed by atoms with E-state index in [-0.39, 0.29) is 18.8 Å². The fourth-order valence-corrected chi connectivity index (χ4v) is 9.38. The second kappa shape index (κ2) is 6.44. The maximum atomic E-state index is 10.2. The zero-order valence-electron chi connectivity index (χ0n) is 17.6. The van der Waals surface area contributed by atoms with Crippen molar-refractivity contribution in [2.24, 2.45) is 46.3 Å². The molecule has 0 spiro atoms. The van der Waals surface area contributed by atoms with Crippen LogP contribution in [0, 0.1) is 46.3 Å². The monoisotopic (exact) mass is 376 g/mol. The van der Waals surface area contributed by atoms with Crippen LogP contribution in [-0.2, 0) is 4.74 Å². The molecule has 0 bridgehead atoms. The Kier molecular flexibility index (Phi) is 4.50. The van der Waals surface area contributed by atoms with Gasteiger partial charge in [-0.3, -0.25) is 0 Å². The summed E-state index contributed by atoms with van der Waals surface area (Å²) in [5.74, 6) is 4.59. The summed E-state index contributed by atoms with van der Waals surface area (Å²) in [4.78, 5) is 0. The summed E-state index contributed by atoms with van der Waals surface area (Å²) in [6.45, 7) is 7.82. The highest BCUT2D eigenvalue weighted by molar-refractivity contribution is 5.14. The van der Waals surface area contributed by atoms with E-state index >= 15 is 0 Å². The molecule has 0 aromatic rings. The number of hydrogen-bond acceptors (Lipinski definition) is 3. The quantitative estimate of drug-likeness (QED) is 0.751. The van der Waals surface area contributed by atoms with Crippen LogP contribution >= 0.6 is 0 Å². The summed E-state index contributed by atoms with van der Waals surface area (Å²) in [6, 6.07) is 0. The smallest absolute Gasteiger partial charge is 0.0630 e. The Balaban J connectivity index is 1.40. The lowest BCUT2D eigenvalue weighted by Crippen LogP contribution is -2.54. The maximum Gasteiger partial charge on any atom is 0.0630 e. The molecule has 1 heterocycles. The van der Waals surface area contributed by atoms with Crippen molar-refractivity contribution < 1.29 is 14.9 Å². The molecular weight excluding hydrogens is 336 g/mol. The zero-order chi connectivity index (χ0) is 19.0. The fraction of sp³-hybridized carbons (Fsp3) is 1.00. The third-order valence-electron chi connectivity index (χ3n) is 10.6. The molecule has 0 amide bonds. The van der Waals surface area contributed by atoms with Gasteiger partial charge in [-0.15, -0.1) is 0 Å². The molecule has 1 aliphatic heterocycles. The minimum Gasteiger partial charge on any atom is -0.396 e. The topological polar surface area (TPSA) is 49.7 Å². The van der Waals surface area contributed by atoms with Crippen molar-refractivity contribution in [3.05, 3.63) is 0 Å². The van der Waals surface area contributed by atoms with Gasteiger partial charge in [-0.1, -0.05) is 20.8 Å². The van der Waals surface area contributed by atoms with Crippen LogP contribution in [0.25, 0.3) is 0 Å². The molecule has 11 atom stereocenters. The number of hydrogen-bond donors (Lipinski definition) is 2. The number of ether oxygens (including phenoxy) is 1. The van der Waals surface area contributed by atoms with Crippen LogP contribution in [0.15, 0.2) is 0 Å². The summed E-state index contributed by atoms with van der Waals surface area (Å²) in [6.07, 6.45) is 11.5. The van der Waals surface area contributed by atoms with E-state index in [0.29, 0.717) is 28.8 Å². The molecule has 5 fully saturated rings. The van der Waals surface area contributed by atoms with Crippen LogP contribution < -0.4 is 0 Å². The van der Waals surface area contributed by atoms with Crippen LogP contribution in [0.2, 0.25) is 0 Å². The maximum absolute atomic E-state index is 10.2. The second-order valence-corrected chi connectivity index (χ2v) is 11.5. The first-order valence-corrected chi connectivity index (χ1v) is 11.8. The van der Waals surface area contributed by atoms with Crippen LogP contribution in [-0.4, -0.2) is 35.1 Å². The second-order valence-electron chi connectivity index (χ2n) is 11.5. The van der Waals surface area contributed by atoms with Crippen LogP contribution in [0.3, 0.4) is 0 Å². The van der Waals surface area contributed by atoms with Gasteiger partial charge in [0.15, 0.2) is 0 Å². The number of rotatable bonds is 2. The fourth-order valence-electron chi connectivity index (χ4n) is 9.38. The first-order chi connectivity index (χ1) is 12.9. The normalized spacial score (nSPS) is 59.7. The molecule has 3 nitrogen and oxygen atoms in total. The summed E-state index contributed by atoms with van der Waals surface area (Å²) >= 11 is 0. The molecule has 5 aliphatic rings. The number of aliphatic hydroxyl groups is 2. The highest BCUT2D eigenvalue weighted by atomic mass is 16.5. The van der Waals surface area contributed by atoms with Gasteiger partial charge in [0.2, 0.25) is 0 Å². The Labute approximate surface area is 165 Å². The third-order valence-corrected chi connectivity index (χ3v) is 10.6. The molecule has 0 aromatic carbocycles. The van der Waals surface area contributed by atoms with Crippen molar-refractivity contribution >= 4 is 0 Å². The van der Waals surface area contributed by atoms with Crippen molar-refractivity contribution in [3.63, 3.8) is 0 Å². The SMILES string of the molecule is CC1C(CCO)OC2CC3C4CCC5CC(O)CCC5(C)C4CCC3(C)C21. The molecule has 4 aliphatic carbocycles. The van der Waals surface area contributed by atoms with E-state index in [1.54, 1.807) is 0 Å². The molecule has 27 heavy (non-hydrogen) atoms. The van der Waals surface area contributed by atoms with Gasteiger partial charge >= 0.3 is 0 Å². The molecule has 4 saturated carbocycles. The van der Waals surface area contributed by atoms with Gasteiger partial charge in [0, 0.05) is 6.61 Å². The van der Waals surface area contributed by atoms with Gasteiger partial charge in [-0.25, -0.2) is 0 Å². The number of aliphatic hydroxyl groups excluding tert-OH is 2. The first kappa shape index (κ1) is 18.9. The molecule has 2 N–H and O–H groups in total. The Morgan fingerprint density at radius 2 is 1.74 bits per heavy atom. The van der Waals surface area contributed by atoms with Crippen molar-refractivity contribution in [3.8, 4) is 0 Å². The average Bonchev–Trinajstić information content (AvgIpc) is 3.10. The highest BCUT2D eigenvalue weighted by Gasteiger charge is 2.65. The first-order valence-electron chi connectivity index (χ1n) is 11.8. The molecular formula is C24H40O3. The molecule has 154 valence electrons.